The van der Waals surface area contributed by atoms with Gasteiger partial charge in [0.15, 0.2) is 11.6 Å². The SMILES string of the molecule is CC(CCCBr)NC(=O)c1cccc(F)c1F. The molecule has 1 amide bonds. The summed E-state index contributed by atoms with van der Waals surface area (Å²) in [5.41, 5.74) is -0.254. The monoisotopic (exact) mass is 305 g/mol. The zero-order chi connectivity index (χ0) is 12.8. The minimum Gasteiger partial charge on any atom is -0.349 e. The van der Waals surface area contributed by atoms with Crippen molar-refractivity contribution in [2.45, 2.75) is 25.8 Å². The summed E-state index contributed by atoms with van der Waals surface area (Å²) in [6.45, 7) is 1.83. The number of hydrogen-bond donors (Lipinski definition) is 1. The van der Waals surface area contributed by atoms with Crippen LogP contribution in [0.5, 0.6) is 0 Å². The zero-order valence-corrected chi connectivity index (χ0v) is 11.1. The molecule has 17 heavy (non-hydrogen) atoms. The van der Waals surface area contributed by atoms with Gasteiger partial charge >= 0.3 is 0 Å². The molecule has 0 aliphatic carbocycles. The van der Waals surface area contributed by atoms with E-state index >= 15 is 0 Å². The highest BCUT2D eigenvalue weighted by molar-refractivity contribution is 9.09. The van der Waals surface area contributed by atoms with Gasteiger partial charge in [-0.2, -0.15) is 0 Å². The van der Waals surface area contributed by atoms with Crippen LogP contribution in [-0.2, 0) is 0 Å². The molecule has 1 unspecified atom stereocenters. The number of rotatable bonds is 5. The first-order valence-electron chi connectivity index (χ1n) is 5.37. The Labute approximate surface area is 108 Å². The largest absolute Gasteiger partial charge is 0.349 e. The van der Waals surface area contributed by atoms with E-state index in [0.29, 0.717) is 0 Å². The van der Waals surface area contributed by atoms with Crippen molar-refractivity contribution in [3.63, 3.8) is 0 Å². The van der Waals surface area contributed by atoms with E-state index in [1.165, 1.54) is 12.1 Å². The second-order valence-corrected chi connectivity index (χ2v) is 4.60. The smallest absolute Gasteiger partial charge is 0.254 e. The Bertz CT molecular complexity index is 398. The molecule has 0 fully saturated rings. The minimum atomic E-state index is -1.10. The topological polar surface area (TPSA) is 29.1 Å². The number of halogens is 3. The van der Waals surface area contributed by atoms with E-state index in [0.717, 1.165) is 24.2 Å². The summed E-state index contributed by atoms with van der Waals surface area (Å²) in [5, 5.41) is 3.48. The first-order valence-corrected chi connectivity index (χ1v) is 6.49. The summed E-state index contributed by atoms with van der Waals surface area (Å²) < 4.78 is 26.2. The van der Waals surface area contributed by atoms with E-state index < -0.39 is 17.5 Å². The second kappa shape index (κ2) is 6.69. The Morgan fingerprint density at radius 1 is 1.47 bits per heavy atom. The molecule has 5 heteroatoms. The van der Waals surface area contributed by atoms with Gasteiger partial charge in [-0.3, -0.25) is 4.79 Å². The van der Waals surface area contributed by atoms with Crippen molar-refractivity contribution in [2.24, 2.45) is 0 Å². The second-order valence-electron chi connectivity index (χ2n) is 3.81. The maximum atomic E-state index is 13.3. The maximum absolute atomic E-state index is 13.3. The summed E-state index contributed by atoms with van der Waals surface area (Å²) in [7, 11) is 0. The Hall–Kier alpha value is -0.970. The van der Waals surface area contributed by atoms with E-state index in [1.54, 1.807) is 0 Å². The van der Waals surface area contributed by atoms with E-state index in [2.05, 4.69) is 21.2 Å². The first-order chi connectivity index (χ1) is 8.06. The fraction of sp³-hybridized carbons (Fsp3) is 0.417. The van der Waals surface area contributed by atoms with Crippen molar-refractivity contribution < 1.29 is 13.6 Å². The van der Waals surface area contributed by atoms with Crippen molar-refractivity contribution in [1.29, 1.82) is 0 Å². The molecule has 0 aliphatic heterocycles. The molecular formula is C12H14BrF2NO. The van der Waals surface area contributed by atoms with Crippen LogP contribution in [0.25, 0.3) is 0 Å². The van der Waals surface area contributed by atoms with Crippen LogP contribution in [0.15, 0.2) is 18.2 Å². The van der Waals surface area contributed by atoms with Gasteiger partial charge in [0, 0.05) is 11.4 Å². The van der Waals surface area contributed by atoms with Gasteiger partial charge in [0.2, 0.25) is 0 Å². The molecule has 0 radical (unpaired) electrons. The van der Waals surface area contributed by atoms with Crippen molar-refractivity contribution >= 4 is 21.8 Å². The highest BCUT2D eigenvalue weighted by Gasteiger charge is 2.16. The van der Waals surface area contributed by atoms with E-state index in [4.69, 9.17) is 0 Å². The highest BCUT2D eigenvalue weighted by atomic mass is 79.9. The minimum absolute atomic E-state index is 0.0669. The van der Waals surface area contributed by atoms with Crippen LogP contribution in [0.2, 0.25) is 0 Å². The molecule has 1 atom stereocenters. The summed E-state index contributed by atoms with van der Waals surface area (Å²) in [5.74, 6) is -2.69. The van der Waals surface area contributed by atoms with E-state index in [1.807, 2.05) is 6.92 Å². The fourth-order valence-electron chi connectivity index (χ4n) is 1.44. The molecule has 0 saturated heterocycles. The van der Waals surface area contributed by atoms with Gasteiger partial charge in [0.25, 0.3) is 5.91 Å². The Kier molecular flexibility index (Phi) is 5.55. The van der Waals surface area contributed by atoms with Crippen LogP contribution in [0.1, 0.15) is 30.1 Å². The van der Waals surface area contributed by atoms with Gasteiger partial charge < -0.3 is 5.32 Å². The molecule has 0 aromatic heterocycles. The molecule has 1 aromatic carbocycles. The molecule has 0 bridgehead atoms. The van der Waals surface area contributed by atoms with Crippen LogP contribution < -0.4 is 5.32 Å². The average molecular weight is 306 g/mol. The number of carbonyl (C=O) groups is 1. The lowest BCUT2D eigenvalue weighted by Crippen LogP contribution is -2.33. The van der Waals surface area contributed by atoms with Gasteiger partial charge in [-0.15, -0.1) is 0 Å². The quantitative estimate of drug-likeness (QED) is 0.831. The molecule has 0 aliphatic rings. The molecule has 0 saturated carbocycles. The van der Waals surface area contributed by atoms with Crippen molar-refractivity contribution in [3.8, 4) is 0 Å². The molecule has 94 valence electrons. The Balaban J connectivity index is 2.67. The standard InChI is InChI=1S/C12H14BrF2NO/c1-8(4-3-7-13)16-12(17)9-5-2-6-10(14)11(9)15/h2,5-6,8H,3-4,7H2,1H3,(H,16,17). The van der Waals surface area contributed by atoms with Crippen LogP contribution >= 0.6 is 15.9 Å². The van der Waals surface area contributed by atoms with Crippen LogP contribution in [0.3, 0.4) is 0 Å². The number of carbonyl (C=O) groups excluding carboxylic acids is 1. The Morgan fingerprint density at radius 2 is 2.18 bits per heavy atom. The van der Waals surface area contributed by atoms with Gasteiger partial charge in [-0.05, 0) is 31.9 Å². The first kappa shape index (κ1) is 14.1. The third kappa shape index (κ3) is 4.07. The summed E-state index contributed by atoms with van der Waals surface area (Å²) >= 11 is 3.29. The average Bonchev–Trinajstić information content (AvgIpc) is 2.29. The fourth-order valence-corrected chi connectivity index (χ4v) is 1.76. The summed E-state index contributed by atoms with van der Waals surface area (Å²) in [6.07, 6.45) is 1.70. The lowest BCUT2D eigenvalue weighted by Gasteiger charge is -2.13. The summed E-state index contributed by atoms with van der Waals surface area (Å²) in [4.78, 5) is 11.7. The normalized spacial score (nSPS) is 12.2. The predicted octanol–water partition coefficient (Wildman–Crippen LogP) is 3.26. The van der Waals surface area contributed by atoms with Crippen molar-refractivity contribution in [3.05, 3.63) is 35.4 Å². The number of benzene rings is 1. The number of hydrogen-bond acceptors (Lipinski definition) is 1. The van der Waals surface area contributed by atoms with E-state index in [9.17, 15) is 13.6 Å². The Morgan fingerprint density at radius 3 is 2.82 bits per heavy atom. The molecule has 1 aromatic rings. The van der Waals surface area contributed by atoms with Crippen molar-refractivity contribution in [2.75, 3.05) is 5.33 Å². The van der Waals surface area contributed by atoms with Gasteiger partial charge in [-0.25, -0.2) is 8.78 Å². The third-order valence-corrected chi connectivity index (χ3v) is 2.91. The van der Waals surface area contributed by atoms with Crippen LogP contribution in [-0.4, -0.2) is 17.3 Å². The molecule has 1 rings (SSSR count). The van der Waals surface area contributed by atoms with Gasteiger partial charge in [0.05, 0.1) is 5.56 Å². The predicted molar refractivity (Wildman–Crippen MR) is 66.3 cm³/mol. The van der Waals surface area contributed by atoms with E-state index in [-0.39, 0.29) is 11.6 Å². The van der Waals surface area contributed by atoms with Crippen LogP contribution in [0, 0.1) is 11.6 Å². The number of alkyl halides is 1. The number of nitrogens with one attached hydrogen (secondary N) is 1. The molecule has 2 nitrogen and oxygen atoms in total. The lowest BCUT2D eigenvalue weighted by molar-refractivity contribution is 0.0933. The van der Waals surface area contributed by atoms with Crippen LogP contribution in [0.4, 0.5) is 8.78 Å². The molecule has 0 spiro atoms. The molecule has 0 heterocycles. The van der Waals surface area contributed by atoms with Crippen molar-refractivity contribution in [1.82, 2.24) is 5.32 Å². The number of amides is 1. The zero-order valence-electron chi connectivity index (χ0n) is 9.47. The third-order valence-electron chi connectivity index (χ3n) is 2.34. The highest BCUT2D eigenvalue weighted by Crippen LogP contribution is 2.11. The van der Waals surface area contributed by atoms with Gasteiger partial charge in [-0.1, -0.05) is 22.0 Å². The van der Waals surface area contributed by atoms with Gasteiger partial charge in [0.1, 0.15) is 0 Å². The molecule has 1 N–H and O–H groups in total. The molecular weight excluding hydrogens is 292 g/mol. The lowest BCUT2D eigenvalue weighted by atomic mass is 10.1. The maximum Gasteiger partial charge on any atom is 0.254 e. The summed E-state index contributed by atoms with van der Waals surface area (Å²) in [6, 6.07) is 3.50.